The summed E-state index contributed by atoms with van der Waals surface area (Å²) in [7, 11) is 0. The Hall–Kier alpha value is -2.62. The molecular formula is C32H47NO13. The van der Waals surface area contributed by atoms with E-state index < -0.39 is 107 Å². The predicted molar refractivity (Wildman–Crippen MR) is 157 cm³/mol. The minimum atomic E-state index is -2.20. The van der Waals surface area contributed by atoms with Crippen LogP contribution in [0.4, 0.5) is 4.79 Å². The van der Waals surface area contributed by atoms with Crippen molar-refractivity contribution in [2.24, 2.45) is 22.7 Å². The summed E-state index contributed by atoms with van der Waals surface area (Å²) in [6.45, 7) is 10.2. The van der Waals surface area contributed by atoms with Crippen LogP contribution in [0.2, 0.25) is 0 Å². The third-order valence-corrected chi connectivity index (χ3v) is 11.3. The topological polar surface area (TPSA) is 218 Å². The van der Waals surface area contributed by atoms with Gasteiger partial charge in [-0.1, -0.05) is 13.8 Å². The Bertz CT molecular complexity index is 1320. The van der Waals surface area contributed by atoms with E-state index in [4.69, 9.17) is 18.9 Å². The molecule has 0 aromatic rings. The molecule has 4 fully saturated rings. The number of aliphatic hydroxyl groups excluding tert-OH is 3. The third-order valence-electron chi connectivity index (χ3n) is 11.3. The van der Waals surface area contributed by atoms with Crippen molar-refractivity contribution in [3.8, 4) is 0 Å². The molecule has 14 heteroatoms. The van der Waals surface area contributed by atoms with Crippen LogP contribution in [0.15, 0.2) is 11.1 Å². The molecule has 0 aromatic heterocycles. The van der Waals surface area contributed by atoms with Gasteiger partial charge in [-0.15, -0.1) is 0 Å². The third kappa shape index (κ3) is 5.16. The first-order chi connectivity index (χ1) is 21.2. The van der Waals surface area contributed by atoms with E-state index in [0.717, 1.165) is 6.92 Å². The number of alkyl carbamates (subject to hydrolysis) is 1. The zero-order chi connectivity index (χ0) is 34.3. The number of carbonyl (C=O) groups is 4. The lowest BCUT2D eigenvalue weighted by molar-refractivity contribution is -0.345. The van der Waals surface area contributed by atoms with Crippen molar-refractivity contribution < 1.29 is 63.7 Å². The highest BCUT2D eigenvalue weighted by Gasteiger charge is 2.76. The Morgan fingerprint density at radius 3 is 2.22 bits per heavy atom. The molecule has 1 aliphatic heterocycles. The summed E-state index contributed by atoms with van der Waals surface area (Å²) in [5.74, 6) is -4.47. The second-order valence-electron chi connectivity index (χ2n) is 14.8. The van der Waals surface area contributed by atoms with Crippen LogP contribution in [0.25, 0.3) is 0 Å². The normalized spacial score (nSPS) is 41.1. The number of nitrogens with one attached hydrogen (secondary N) is 1. The number of esters is 2. The summed E-state index contributed by atoms with van der Waals surface area (Å²) in [5.41, 5.74) is -7.19. The fraction of sp³-hybridized carbons (Fsp3) is 0.812. The summed E-state index contributed by atoms with van der Waals surface area (Å²) in [5, 5.41) is 61.4. The van der Waals surface area contributed by atoms with Crippen LogP contribution in [0.3, 0.4) is 0 Å². The quantitative estimate of drug-likeness (QED) is 0.122. The molecule has 1 saturated heterocycles. The van der Waals surface area contributed by atoms with E-state index >= 15 is 0 Å². The van der Waals surface area contributed by atoms with Crippen molar-refractivity contribution in [3.05, 3.63) is 11.1 Å². The fourth-order valence-corrected chi connectivity index (χ4v) is 8.45. The largest absolute Gasteiger partial charge is 0.459 e. The van der Waals surface area contributed by atoms with Crippen LogP contribution in [-0.4, -0.2) is 116 Å². The van der Waals surface area contributed by atoms with E-state index in [2.05, 4.69) is 5.32 Å². The first-order valence-corrected chi connectivity index (χ1v) is 15.9. The molecule has 5 aliphatic rings. The second-order valence-corrected chi connectivity index (χ2v) is 14.8. The van der Waals surface area contributed by atoms with Crippen molar-refractivity contribution in [2.45, 2.75) is 134 Å². The molecule has 0 aromatic carbocycles. The smallest absolute Gasteiger partial charge is 0.407 e. The minimum absolute atomic E-state index is 0.00100. The maximum Gasteiger partial charge on any atom is 0.407 e. The van der Waals surface area contributed by atoms with Crippen LogP contribution in [0, 0.1) is 22.7 Å². The molecule has 0 radical (unpaired) electrons. The first-order valence-electron chi connectivity index (χ1n) is 15.9. The molecule has 6 N–H and O–H groups in total. The number of amides is 1. The van der Waals surface area contributed by atoms with Crippen molar-refractivity contribution in [3.63, 3.8) is 0 Å². The van der Waals surface area contributed by atoms with Gasteiger partial charge >= 0.3 is 18.0 Å². The van der Waals surface area contributed by atoms with E-state index in [9.17, 15) is 44.7 Å². The predicted octanol–water partition coefficient (Wildman–Crippen LogP) is 0.0421. The van der Waals surface area contributed by atoms with Gasteiger partial charge in [0.15, 0.2) is 11.9 Å². The Morgan fingerprint density at radius 1 is 1.07 bits per heavy atom. The van der Waals surface area contributed by atoms with Gasteiger partial charge in [0, 0.05) is 31.1 Å². The van der Waals surface area contributed by atoms with Gasteiger partial charge in [0.05, 0.1) is 36.4 Å². The summed E-state index contributed by atoms with van der Waals surface area (Å²) in [6.07, 6.45) is -9.60. The van der Waals surface area contributed by atoms with Gasteiger partial charge in [-0.3, -0.25) is 9.59 Å². The number of ether oxygens (including phenoxy) is 4. The summed E-state index contributed by atoms with van der Waals surface area (Å²) in [6, 6.07) is -1.02. The summed E-state index contributed by atoms with van der Waals surface area (Å²) < 4.78 is 22.2. The molecule has 0 unspecified atom stereocenters. The van der Waals surface area contributed by atoms with Gasteiger partial charge in [0.25, 0.3) is 0 Å². The molecule has 258 valence electrons. The monoisotopic (exact) mass is 653 g/mol. The number of fused-ring (bicyclic) bond motifs is 5. The number of hydrogen-bond donors (Lipinski definition) is 6. The number of rotatable bonds is 7. The number of hydrogen-bond acceptors (Lipinski definition) is 13. The van der Waals surface area contributed by atoms with Crippen LogP contribution in [0.5, 0.6) is 0 Å². The van der Waals surface area contributed by atoms with Crippen LogP contribution in [0.1, 0.15) is 74.1 Å². The summed E-state index contributed by atoms with van der Waals surface area (Å²) >= 11 is 0. The molecule has 5 rings (SSSR count). The van der Waals surface area contributed by atoms with E-state index in [1.807, 2.05) is 0 Å². The maximum atomic E-state index is 14.3. The molecule has 14 nitrogen and oxygen atoms in total. The zero-order valence-corrected chi connectivity index (χ0v) is 27.3. The lowest BCUT2D eigenvalue weighted by atomic mass is 9.45. The van der Waals surface area contributed by atoms with Crippen molar-refractivity contribution in [1.29, 1.82) is 0 Å². The number of carbonyl (C=O) groups excluding carboxylic acids is 4. The lowest BCUT2D eigenvalue weighted by Crippen LogP contribution is -2.81. The Kier molecular flexibility index (Phi) is 8.69. The highest BCUT2D eigenvalue weighted by Crippen LogP contribution is 2.63. The van der Waals surface area contributed by atoms with E-state index in [-0.39, 0.29) is 30.1 Å². The highest BCUT2D eigenvalue weighted by molar-refractivity contribution is 5.93. The molecule has 1 heterocycles. The molecule has 1 amide bonds. The highest BCUT2D eigenvalue weighted by atomic mass is 16.6. The van der Waals surface area contributed by atoms with Gasteiger partial charge in [-0.25, -0.2) is 9.59 Å². The van der Waals surface area contributed by atoms with Crippen molar-refractivity contribution in [1.82, 2.24) is 5.32 Å². The van der Waals surface area contributed by atoms with Gasteiger partial charge in [0.2, 0.25) is 0 Å². The van der Waals surface area contributed by atoms with E-state index in [0.29, 0.717) is 12.8 Å². The van der Waals surface area contributed by atoms with E-state index in [1.165, 1.54) is 13.8 Å². The van der Waals surface area contributed by atoms with Gasteiger partial charge in [-0.05, 0) is 57.6 Å². The Morgan fingerprint density at radius 2 is 1.70 bits per heavy atom. The Labute approximate surface area is 267 Å². The number of Topliss-reactive ketones (excluding diaryl/α,β-unsaturated/α-hetero) is 1. The molecule has 4 aliphatic carbocycles. The molecule has 2 bridgehead atoms. The molecular weight excluding hydrogens is 606 g/mol. The van der Waals surface area contributed by atoms with Crippen molar-refractivity contribution >= 4 is 23.8 Å². The molecule has 46 heavy (non-hydrogen) atoms. The zero-order valence-electron chi connectivity index (χ0n) is 27.3. The minimum Gasteiger partial charge on any atom is -0.459 e. The van der Waals surface area contributed by atoms with Crippen molar-refractivity contribution in [2.75, 3.05) is 6.61 Å². The molecule has 11 atom stereocenters. The fourth-order valence-electron chi connectivity index (χ4n) is 8.45. The first kappa shape index (κ1) is 34.7. The van der Waals surface area contributed by atoms with Gasteiger partial charge in [-0.2, -0.15) is 0 Å². The Balaban J connectivity index is 1.57. The maximum absolute atomic E-state index is 14.3. The average Bonchev–Trinajstić information content (AvgIpc) is 3.79. The number of ketones is 1. The van der Waals surface area contributed by atoms with Crippen LogP contribution in [-0.2, 0) is 33.3 Å². The molecule has 0 spiro atoms. The number of aliphatic hydroxyl groups is 5. The second kappa shape index (κ2) is 11.5. The van der Waals surface area contributed by atoms with Gasteiger partial charge < -0.3 is 49.8 Å². The van der Waals surface area contributed by atoms with Gasteiger partial charge in [0.1, 0.15) is 29.5 Å². The lowest BCUT2D eigenvalue weighted by Gasteiger charge is -2.66. The SMILES string of the molecule is CC(=O)O[C@H]1[C@@H]2[C@]3(O)CO[C@@H]3C[C@H](O)[C@@]2(C)C(=O)[C@H](O)C2=C(C)[C@@H](OC(=O)[C@H](O)[C@@H](NC(=O)OC(C)C)C3CC3)C[C@]1(O)C2(C)C. The van der Waals surface area contributed by atoms with E-state index in [1.54, 1.807) is 27.7 Å². The van der Waals surface area contributed by atoms with Crippen LogP contribution < -0.4 is 5.32 Å². The standard InChI is InChI=1S/C32H47NO13/c1-13(2)44-28(40)33-21(16-8-9-16)23(37)27(39)46-17-11-32(42)26(45-15(4)34)24-30(7,18(35)10-19-31(24,41)12-43-19)25(38)22(36)20(14(17)3)29(32,5)6/h13,16-19,21-24,26,35-37,41-42H,8-12H2,1-7H3,(H,33,40)/t17-,18-,19+,21-,22+,23+,24-,26-,30+,31-,32+/m0/s1. The summed E-state index contributed by atoms with van der Waals surface area (Å²) in [4.78, 5) is 52.8. The molecule has 3 saturated carbocycles. The average molecular weight is 654 g/mol. The van der Waals surface area contributed by atoms with Crippen LogP contribution >= 0.6 is 0 Å².